The van der Waals surface area contributed by atoms with Gasteiger partial charge in [0.2, 0.25) is 5.95 Å². The van der Waals surface area contributed by atoms with Crippen molar-refractivity contribution in [2.45, 2.75) is 6.18 Å². The SMILES string of the molecule is COc1n[nH]c(NC(=O)c2ccc(C(F)(F)F)cc2)n1. The first-order chi connectivity index (χ1) is 9.40. The first kappa shape index (κ1) is 13.8. The highest BCUT2D eigenvalue weighted by Gasteiger charge is 2.30. The van der Waals surface area contributed by atoms with E-state index in [1.165, 1.54) is 7.11 Å². The fourth-order valence-electron chi connectivity index (χ4n) is 1.38. The molecule has 0 saturated heterocycles. The molecule has 1 heterocycles. The minimum Gasteiger partial charge on any atom is -0.466 e. The molecule has 0 spiro atoms. The van der Waals surface area contributed by atoms with Gasteiger partial charge in [-0.15, -0.1) is 5.10 Å². The van der Waals surface area contributed by atoms with E-state index >= 15 is 0 Å². The molecule has 0 saturated carbocycles. The van der Waals surface area contributed by atoms with Crippen molar-refractivity contribution < 1.29 is 22.7 Å². The number of anilines is 1. The molecule has 9 heteroatoms. The number of nitrogens with one attached hydrogen (secondary N) is 2. The maximum atomic E-state index is 12.4. The second kappa shape index (κ2) is 5.19. The molecule has 0 aliphatic carbocycles. The predicted molar refractivity (Wildman–Crippen MR) is 62.3 cm³/mol. The Labute approximate surface area is 111 Å². The van der Waals surface area contributed by atoms with Crippen LogP contribution < -0.4 is 10.1 Å². The molecule has 0 bridgehead atoms. The Hall–Kier alpha value is -2.58. The van der Waals surface area contributed by atoms with Gasteiger partial charge in [-0.05, 0) is 24.3 Å². The van der Waals surface area contributed by atoms with Gasteiger partial charge in [0.25, 0.3) is 5.91 Å². The van der Waals surface area contributed by atoms with Gasteiger partial charge in [0.15, 0.2) is 0 Å². The number of methoxy groups -OCH3 is 1. The van der Waals surface area contributed by atoms with E-state index in [1.54, 1.807) is 0 Å². The smallest absolute Gasteiger partial charge is 0.416 e. The van der Waals surface area contributed by atoms with Crippen molar-refractivity contribution >= 4 is 11.9 Å². The van der Waals surface area contributed by atoms with Crippen molar-refractivity contribution in [1.29, 1.82) is 0 Å². The first-order valence-corrected chi connectivity index (χ1v) is 5.35. The Morgan fingerprint density at radius 3 is 2.45 bits per heavy atom. The molecule has 6 nitrogen and oxygen atoms in total. The third-order valence-electron chi connectivity index (χ3n) is 2.35. The van der Waals surface area contributed by atoms with E-state index in [0.29, 0.717) is 0 Å². The summed E-state index contributed by atoms with van der Waals surface area (Å²) in [6.07, 6.45) is -4.44. The van der Waals surface area contributed by atoms with Crippen molar-refractivity contribution in [2.75, 3.05) is 12.4 Å². The highest BCUT2D eigenvalue weighted by molar-refractivity contribution is 6.03. The molecular weight excluding hydrogens is 277 g/mol. The standard InChI is InChI=1S/C11H9F3N4O2/c1-20-10-16-9(17-18-10)15-8(19)6-2-4-7(5-3-6)11(12,13)14/h2-5H,1H3,(H2,15,16,17,18,19). The van der Waals surface area contributed by atoms with Gasteiger partial charge in [-0.2, -0.15) is 18.2 Å². The topological polar surface area (TPSA) is 79.9 Å². The Balaban J connectivity index is 2.09. The minimum absolute atomic E-state index is 0.0340. The molecule has 0 fully saturated rings. The zero-order chi connectivity index (χ0) is 14.8. The summed E-state index contributed by atoms with van der Waals surface area (Å²) in [6, 6.07) is 3.84. The van der Waals surface area contributed by atoms with E-state index in [4.69, 9.17) is 4.74 Å². The highest BCUT2D eigenvalue weighted by Crippen LogP contribution is 2.29. The zero-order valence-corrected chi connectivity index (χ0v) is 10.2. The van der Waals surface area contributed by atoms with E-state index in [-0.39, 0.29) is 17.5 Å². The van der Waals surface area contributed by atoms with Crippen LogP contribution >= 0.6 is 0 Å². The largest absolute Gasteiger partial charge is 0.466 e. The van der Waals surface area contributed by atoms with E-state index < -0.39 is 17.6 Å². The number of carbonyl (C=O) groups excluding carboxylic acids is 1. The lowest BCUT2D eigenvalue weighted by Crippen LogP contribution is -2.13. The predicted octanol–water partition coefficient (Wildman–Crippen LogP) is 2.08. The number of carbonyl (C=O) groups is 1. The minimum atomic E-state index is -4.44. The van der Waals surface area contributed by atoms with Gasteiger partial charge >= 0.3 is 12.2 Å². The van der Waals surface area contributed by atoms with Crippen molar-refractivity contribution in [1.82, 2.24) is 15.2 Å². The number of H-pyrrole nitrogens is 1. The number of ether oxygens (including phenoxy) is 1. The number of nitrogens with zero attached hydrogens (tertiary/aromatic N) is 2. The average Bonchev–Trinajstić information content (AvgIpc) is 2.85. The number of alkyl halides is 3. The second-order valence-electron chi connectivity index (χ2n) is 3.70. The number of hydrogen-bond acceptors (Lipinski definition) is 4. The molecule has 1 aromatic carbocycles. The lowest BCUT2D eigenvalue weighted by Gasteiger charge is -2.07. The quantitative estimate of drug-likeness (QED) is 0.905. The van der Waals surface area contributed by atoms with Crippen molar-refractivity contribution in [3.05, 3.63) is 35.4 Å². The number of aromatic nitrogens is 3. The van der Waals surface area contributed by atoms with Crippen LogP contribution in [0.4, 0.5) is 19.1 Å². The van der Waals surface area contributed by atoms with E-state index in [1.807, 2.05) is 0 Å². The Morgan fingerprint density at radius 1 is 1.30 bits per heavy atom. The van der Waals surface area contributed by atoms with Crippen LogP contribution in [-0.4, -0.2) is 28.2 Å². The highest BCUT2D eigenvalue weighted by atomic mass is 19.4. The van der Waals surface area contributed by atoms with Crippen molar-refractivity contribution in [3.8, 4) is 6.01 Å². The fourth-order valence-corrected chi connectivity index (χ4v) is 1.38. The number of halogens is 3. The summed E-state index contributed by atoms with van der Waals surface area (Å²) in [6.45, 7) is 0. The maximum absolute atomic E-state index is 12.4. The number of benzene rings is 1. The molecule has 106 valence electrons. The molecule has 0 aliphatic heterocycles. The number of rotatable bonds is 3. The monoisotopic (exact) mass is 286 g/mol. The summed E-state index contributed by atoms with van der Waals surface area (Å²) in [5, 5.41) is 8.34. The Bertz CT molecular complexity index is 607. The molecule has 0 unspecified atom stereocenters. The number of aromatic amines is 1. The van der Waals surface area contributed by atoms with E-state index in [9.17, 15) is 18.0 Å². The normalized spacial score (nSPS) is 11.2. The Kier molecular flexibility index (Phi) is 3.59. The van der Waals surface area contributed by atoms with E-state index in [0.717, 1.165) is 24.3 Å². The molecule has 0 atom stereocenters. The number of amides is 1. The summed E-state index contributed by atoms with van der Waals surface area (Å²) < 4.78 is 41.8. The van der Waals surface area contributed by atoms with Gasteiger partial charge in [-0.3, -0.25) is 10.1 Å². The van der Waals surface area contributed by atoms with Gasteiger partial charge in [0.05, 0.1) is 12.7 Å². The molecule has 20 heavy (non-hydrogen) atoms. The maximum Gasteiger partial charge on any atom is 0.416 e. The summed E-state index contributed by atoms with van der Waals surface area (Å²) in [7, 11) is 1.35. The van der Waals surface area contributed by atoms with Gasteiger partial charge in [-0.25, -0.2) is 5.10 Å². The van der Waals surface area contributed by atoms with Crippen molar-refractivity contribution in [3.63, 3.8) is 0 Å². The van der Waals surface area contributed by atoms with Crippen molar-refractivity contribution in [2.24, 2.45) is 0 Å². The van der Waals surface area contributed by atoms with Gasteiger partial charge in [-0.1, -0.05) is 0 Å². The first-order valence-electron chi connectivity index (χ1n) is 5.35. The van der Waals surface area contributed by atoms with Crippen LogP contribution in [0.3, 0.4) is 0 Å². The molecule has 1 aromatic heterocycles. The third-order valence-corrected chi connectivity index (χ3v) is 2.35. The van der Waals surface area contributed by atoms with Gasteiger partial charge < -0.3 is 4.74 Å². The van der Waals surface area contributed by atoms with Crippen LogP contribution in [0.1, 0.15) is 15.9 Å². The van der Waals surface area contributed by atoms with Crippen LogP contribution in [0.2, 0.25) is 0 Å². The lowest BCUT2D eigenvalue weighted by molar-refractivity contribution is -0.137. The molecule has 0 radical (unpaired) electrons. The van der Waals surface area contributed by atoms with Crippen LogP contribution in [0.15, 0.2) is 24.3 Å². The molecule has 2 aromatic rings. The van der Waals surface area contributed by atoms with Gasteiger partial charge in [0, 0.05) is 5.56 Å². The van der Waals surface area contributed by atoms with Gasteiger partial charge in [0.1, 0.15) is 0 Å². The average molecular weight is 286 g/mol. The van der Waals surface area contributed by atoms with Crippen LogP contribution in [0.5, 0.6) is 6.01 Å². The summed E-state index contributed by atoms with van der Waals surface area (Å²) in [5.41, 5.74) is -0.760. The van der Waals surface area contributed by atoms with E-state index in [2.05, 4.69) is 20.5 Å². The fraction of sp³-hybridized carbons (Fsp3) is 0.182. The summed E-state index contributed by atoms with van der Waals surface area (Å²) in [4.78, 5) is 15.5. The lowest BCUT2D eigenvalue weighted by atomic mass is 10.1. The molecule has 2 rings (SSSR count). The third kappa shape index (κ3) is 3.05. The van der Waals surface area contributed by atoms with Crippen LogP contribution in [0.25, 0.3) is 0 Å². The summed E-state index contributed by atoms with van der Waals surface area (Å²) in [5.74, 6) is -0.579. The summed E-state index contributed by atoms with van der Waals surface area (Å²) >= 11 is 0. The second-order valence-corrected chi connectivity index (χ2v) is 3.70. The van der Waals surface area contributed by atoms with Crippen LogP contribution in [-0.2, 0) is 6.18 Å². The molecule has 2 N–H and O–H groups in total. The van der Waals surface area contributed by atoms with Crippen LogP contribution in [0, 0.1) is 0 Å². The molecule has 1 amide bonds. The molecular formula is C11H9F3N4O2. The molecule has 0 aliphatic rings. The zero-order valence-electron chi connectivity index (χ0n) is 10.2. The number of hydrogen-bond donors (Lipinski definition) is 2. The Morgan fingerprint density at radius 2 is 1.95 bits per heavy atom.